The largest absolute Gasteiger partial charge is 0.493 e. The Morgan fingerprint density at radius 2 is 2.27 bits per heavy atom. The third-order valence-corrected chi connectivity index (χ3v) is 2.31. The van der Waals surface area contributed by atoms with Crippen molar-refractivity contribution in [3.63, 3.8) is 0 Å². The first-order valence-electron chi connectivity index (χ1n) is 3.18. The molecule has 0 spiro atoms. The van der Waals surface area contributed by atoms with Crippen molar-refractivity contribution in [1.29, 1.82) is 0 Å². The van der Waals surface area contributed by atoms with Gasteiger partial charge in [-0.2, -0.15) is 0 Å². The van der Waals surface area contributed by atoms with Gasteiger partial charge in [0, 0.05) is 7.05 Å². The van der Waals surface area contributed by atoms with Gasteiger partial charge in [0.1, 0.15) is 0 Å². The van der Waals surface area contributed by atoms with Gasteiger partial charge in [0.05, 0.1) is 4.88 Å². The number of hydrogen-bond donors (Lipinski definition) is 1. The third-order valence-electron chi connectivity index (χ3n) is 1.33. The average Bonchev–Trinajstić information content (AvgIpc) is 2.19. The van der Waals surface area contributed by atoms with Crippen LogP contribution in [0, 0.1) is 0 Å². The third kappa shape index (κ3) is 1.35. The van der Waals surface area contributed by atoms with Crippen LogP contribution in [0.25, 0.3) is 6.08 Å². The van der Waals surface area contributed by atoms with Crippen LogP contribution in [-0.4, -0.2) is 9.67 Å². The summed E-state index contributed by atoms with van der Waals surface area (Å²) in [6.07, 6.45) is 3.49. The summed E-state index contributed by atoms with van der Waals surface area (Å²) in [5.41, 5.74) is 0. The Balaban J connectivity index is 3.30. The van der Waals surface area contributed by atoms with Crippen molar-refractivity contribution in [2.24, 2.45) is 7.05 Å². The number of aromatic nitrogens is 1. The maximum Gasteiger partial charge on any atom is 0.310 e. The SMILES string of the molecule is C/C=C\c1sc(=O)n(C)c1O. The predicted molar refractivity (Wildman–Crippen MR) is 45.9 cm³/mol. The van der Waals surface area contributed by atoms with Crippen LogP contribution in [0.2, 0.25) is 0 Å². The molecule has 0 aliphatic rings. The maximum atomic E-state index is 10.9. The van der Waals surface area contributed by atoms with Crippen molar-refractivity contribution < 1.29 is 5.11 Å². The molecule has 0 amide bonds. The summed E-state index contributed by atoms with van der Waals surface area (Å²) in [6, 6.07) is 0. The number of rotatable bonds is 1. The van der Waals surface area contributed by atoms with Gasteiger partial charge in [-0.3, -0.25) is 9.36 Å². The molecule has 0 atom stereocenters. The minimum Gasteiger partial charge on any atom is -0.493 e. The van der Waals surface area contributed by atoms with Crippen molar-refractivity contribution in [3.8, 4) is 5.88 Å². The fourth-order valence-electron chi connectivity index (χ4n) is 0.720. The Bertz CT molecular complexity index is 335. The van der Waals surface area contributed by atoms with Crippen LogP contribution in [0.1, 0.15) is 11.8 Å². The molecule has 0 fully saturated rings. The normalized spacial score (nSPS) is 11.1. The van der Waals surface area contributed by atoms with Crippen molar-refractivity contribution in [3.05, 3.63) is 20.6 Å². The smallest absolute Gasteiger partial charge is 0.310 e. The lowest BCUT2D eigenvalue weighted by molar-refractivity contribution is 0.428. The molecule has 60 valence electrons. The second kappa shape index (κ2) is 2.92. The van der Waals surface area contributed by atoms with Crippen molar-refractivity contribution in [2.75, 3.05) is 0 Å². The highest BCUT2D eigenvalue weighted by atomic mass is 32.1. The summed E-state index contributed by atoms with van der Waals surface area (Å²) in [5, 5.41) is 9.27. The molecule has 11 heavy (non-hydrogen) atoms. The Morgan fingerprint density at radius 1 is 1.64 bits per heavy atom. The number of hydrogen-bond acceptors (Lipinski definition) is 3. The predicted octanol–water partition coefficient (Wildman–Crippen LogP) is 1.19. The van der Waals surface area contributed by atoms with Crippen LogP contribution in [0.3, 0.4) is 0 Å². The van der Waals surface area contributed by atoms with Crippen molar-refractivity contribution in [2.45, 2.75) is 6.92 Å². The maximum absolute atomic E-state index is 10.9. The topological polar surface area (TPSA) is 42.2 Å². The quantitative estimate of drug-likeness (QED) is 0.689. The van der Waals surface area contributed by atoms with E-state index in [9.17, 15) is 9.90 Å². The van der Waals surface area contributed by atoms with E-state index < -0.39 is 0 Å². The molecule has 0 aliphatic heterocycles. The van der Waals surface area contributed by atoms with Crippen LogP contribution in [0.15, 0.2) is 10.9 Å². The minimum atomic E-state index is -0.143. The summed E-state index contributed by atoms with van der Waals surface area (Å²) in [6.45, 7) is 1.84. The van der Waals surface area contributed by atoms with Crippen LogP contribution in [0.4, 0.5) is 0 Å². The molecule has 0 aliphatic carbocycles. The zero-order valence-electron chi connectivity index (χ0n) is 6.37. The van der Waals surface area contributed by atoms with Crippen LogP contribution >= 0.6 is 11.3 Å². The molecule has 0 saturated carbocycles. The van der Waals surface area contributed by atoms with Gasteiger partial charge in [-0.1, -0.05) is 17.4 Å². The van der Waals surface area contributed by atoms with Crippen LogP contribution in [-0.2, 0) is 7.05 Å². The van der Waals surface area contributed by atoms with Crippen LogP contribution < -0.4 is 4.87 Å². The van der Waals surface area contributed by atoms with Crippen LogP contribution in [0.5, 0.6) is 5.88 Å². The summed E-state index contributed by atoms with van der Waals surface area (Å²) in [7, 11) is 1.54. The summed E-state index contributed by atoms with van der Waals surface area (Å²) in [5.74, 6) is 0.0399. The highest BCUT2D eigenvalue weighted by Crippen LogP contribution is 2.19. The molecule has 0 unspecified atom stereocenters. The van der Waals surface area contributed by atoms with Gasteiger partial charge in [0.15, 0.2) is 0 Å². The standard InChI is InChI=1S/C7H9NO2S/c1-3-4-5-6(9)8(2)7(10)11-5/h3-4,9H,1-2H3/b4-3-. The highest BCUT2D eigenvalue weighted by molar-refractivity contribution is 7.10. The molecular formula is C7H9NO2S. The zero-order valence-corrected chi connectivity index (χ0v) is 7.18. The summed E-state index contributed by atoms with van der Waals surface area (Å²) < 4.78 is 1.22. The van der Waals surface area contributed by atoms with E-state index in [-0.39, 0.29) is 10.8 Å². The van der Waals surface area contributed by atoms with E-state index in [0.29, 0.717) is 4.88 Å². The van der Waals surface area contributed by atoms with E-state index in [4.69, 9.17) is 0 Å². The first kappa shape index (κ1) is 8.07. The fourth-order valence-corrected chi connectivity index (χ4v) is 1.56. The van der Waals surface area contributed by atoms with Gasteiger partial charge in [-0.05, 0) is 13.0 Å². The Morgan fingerprint density at radius 3 is 2.64 bits per heavy atom. The summed E-state index contributed by atoms with van der Waals surface area (Å²) >= 11 is 1.04. The monoisotopic (exact) mass is 171 g/mol. The lowest BCUT2D eigenvalue weighted by atomic mass is 10.4. The van der Waals surface area contributed by atoms with Gasteiger partial charge >= 0.3 is 4.87 Å². The van der Waals surface area contributed by atoms with E-state index in [1.165, 1.54) is 4.57 Å². The van der Waals surface area contributed by atoms with Gasteiger partial charge in [0.2, 0.25) is 5.88 Å². The van der Waals surface area contributed by atoms with E-state index in [2.05, 4.69) is 0 Å². The number of aromatic hydroxyl groups is 1. The molecule has 1 N–H and O–H groups in total. The molecule has 0 bridgehead atoms. The Hall–Kier alpha value is -1.03. The van der Waals surface area contributed by atoms with Crippen molar-refractivity contribution >= 4 is 17.4 Å². The second-order valence-corrected chi connectivity index (χ2v) is 3.11. The first-order chi connectivity index (χ1) is 5.16. The van der Waals surface area contributed by atoms with Crippen molar-refractivity contribution in [1.82, 2.24) is 4.57 Å². The molecule has 1 rings (SSSR count). The number of nitrogens with zero attached hydrogens (tertiary/aromatic N) is 1. The molecular weight excluding hydrogens is 162 g/mol. The van der Waals surface area contributed by atoms with Gasteiger partial charge in [-0.25, -0.2) is 0 Å². The van der Waals surface area contributed by atoms with Gasteiger partial charge in [-0.15, -0.1) is 0 Å². The molecule has 1 aromatic heterocycles. The Kier molecular flexibility index (Phi) is 2.14. The Labute approximate surface area is 68.2 Å². The molecule has 4 heteroatoms. The highest BCUT2D eigenvalue weighted by Gasteiger charge is 2.06. The summed E-state index contributed by atoms with van der Waals surface area (Å²) in [4.78, 5) is 11.4. The van der Waals surface area contributed by atoms with Gasteiger partial charge < -0.3 is 5.11 Å². The molecule has 0 radical (unpaired) electrons. The molecule has 1 aromatic rings. The lowest BCUT2D eigenvalue weighted by Crippen LogP contribution is -2.05. The number of thiazole rings is 1. The molecule has 3 nitrogen and oxygen atoms in total. The van der Waals surface area contributed by atoms with E-state index in [1.54, 1.807) is 19.2 Å². The molecule has 1 heterocycles. The first-order valence-corrected chi connectivity index (χ1v) is 4.00. The van der Waals surface area contributed by atoms with E-state index >= 15 is 0 Å². The zero-order chi connectivity index (χ0) is 8.43. The minimum absolute atomic E-state index is 0.0399. The second-order valence-electron chi connectivity index (χ2n) is 2.11. The van der Waals surface area contributed by atoms with Gasteiger partial charge in [0.25, 0.3) is 0 Å². The molecule has 0 saturated heterocycles. The molecule has 0 aromatic carbocycles. The van der Waals surface area contributed by atoms with E-state index in [0.717, 1.165) is 11.3 Å². The fraction of sp³-hybridized carbons (Fsp3) is 0.286. The average molecular weight is 171 g/mol. The number of allylic oxidation sites excluding steroid dienone is 1. The van der Waals surface area contributed by atoms with E-state index in [1.807, 2.05) is 6.92 Å². The lowest BCUT2D eigenvalue weighted by Gasteiger charge is -1.90.